The molecule has 142 valence electrons. The zero-order valence-electron chi connectivity index (χ0n) is 15.6. The molecule has 0 fully saturated rings. The van der Waals surface area contributed by atoms with Crippen molar-refractivity contribution >= 4 is 27.8 Å². The Morgan fingerprint density at radius 1 is 1.18 bits per heavy atom. The molecule has 0 aliphatic rings. The maximum Gasteiger partial charge on any atom is 0.357 e. The van der Waals surface area contributed by atoms with Crippen molar-refractivity contribution in [3.8, 4) is 5.75 Å². The van der Waals surface area contributed by atoms with Crippen molar-refractivity contribution in [3.05, 3.63) is 71.3 Å². The summed E-state index contributed by atoms with van der Waals surface area (Å²) in [5, 5.41) is 1.83. The molecule has 6 heteroatoms. The van der Waals surface area contributed by atoms with E-state index in [0.717, 1.165) is 32.9 Å². The van der Waals surface area contributed by atoms with Gasteiger partial charge < -0.3 is 14.5 Å². The molecule has 0 atom stereocenters. The van der Waals surface area contributed by atoms with Gasteiger partial charge in [0.2, 0.25) is 0 Å². The Labute approximate surface area is 161 Å². The first-order valence-electron chi connectivity index (χ1n) is 9.02. The number of benzene rings is 2. The van der Waals surface area contributed by atoms with Crippen LogP contribution in [0.1, 0.15) is 28.5 Å². The van der Waals surface area contributed by atoms with Crippen LogP contribution in [-0.4, -0.2) is 22.5 Å². The largest absolute Gasteiger partial charge is 0.489 e. The topological polar surface area (TPSA) is 64.2 Å². The molecule has 28 heavy (non-hydrogen) atoms. The molecule has 0 aliphatic carbocycles. The third-order valence-corrected chi connectivity index (χ3v) is 4.62. The fraction of sp³-hybridized carbons (Fsp3) is 0.182. The summed E-state index contributed by atoms with van der Waals surface area (Å²) in [7, 11) is 0. The van der Waals surface area contributed by atoms with Gasteiger partial charge in [0, 0.05) is 16.3 Å². The number of nitrogens with one attached hydrogen (secondary N) is 1. The molecule has 0 amide bonds. The van der Waals surface area contributed by atoms with E-state index >= 15 is 0 Å². The van der Waals surface area contributed by atoms with Crippen molar-refractivity contribution in [2.75, 3.05) is 6.61 Å². The standard InChI is InChI=1S/C22H19FN2O3/c1-3-27-22(26)21-13(2)20-17-10-16(7-8-18(17)25-19(20)11-24-21)28-12-14-5-4-6-15(23)9-14/h4-11,25H,3,12H2,1-2H3. The lowest BCUT2D eigenvalue weighted by Gasteiger charge is -2.08. The molecule has 0 saturated heterocycles. The molecule has 0 radical (unpaired) electrons. The lowest BCUT2D eigenvalue weighted by atomic mass is 10.1. The van der Waals surface area contributed by atoms with Gasteiger partial charge in [0.25, 0.3) is 0 Å². The van der Waals surface area contributed by atoms with Crippen LogP contribution in [0, 0.1) is 12.7 Å². The molecule has 0 aliphatic heterocycles. The molecule has 0 saturated carbocycles. The maximum atomic E-state index is 13.3. The number of halogens is 1. The number of aryl methyl sites for hydroxylation is 1. The second-order valence-corrected chi connectivity index (χ2v) is 6.49. The van der Waals surface area contributed by atoms with Crippen LogP contribution in [-0.2, 0) is 11.3 Å². The molecule has 5 nitrogen and oxygen atoms in total. The molecule has 2 heterocycles. The summed E-state index contributed by atoms with van der Waals surface area (Å²) in [4.78, 5) is 19.7. The highest BCUT2D eigenvalue weighted by Gasteiger charge is 2.17. The van der Waals surface area contributed by atoms with E-state index in [0.29, 0.717) is 18.1 Å². The molecule has 0 unspecified atom stereocenters. The number of fused-ring (bicyclic) bond motifs is 3. The number of hydrogen-bond acceptors (Lipinski definition) is 4. The van der Waals surface area contributed by atoms with E-state index in [-0.39, 0.29) is 12.4 Å². The fourth-order valence-corrected chi connectivity index (χ4v) is 3.33. The lowest BCUT2D eigenvalue weighted by Crippen LogP contribution is -2.09. The highest BCUT2D eigenvalue weighted by Crippen LogP contribution is 2.32. The van der Waals surface area contributed by atoms with Gasteiger partial charge in [-0.05, 0) is 55.3 Å². The Balaban J connectivity index is 1.72. The van der Waals surface area contributed by atoms with E-state index in [1.807, 2.05) is 31.2 Å². The number of aromatic nitrogens is 2. The minimum absolute atomic E-state index is 0.264. The van der Waals surface area contributed by atoms with Crippen LogP contribution in [0.25, 0.3) is 21.8 Å². The first kappa shape index (κ1) is 18.0. The number of pyridine rings is 1. The number of hydrogen-bond donors (Lipinski definition) is 1. The summed E-state index contributed by atoms with van der Waals surface area (Å²) in [6.07, 6.45) is 1.64. The zero-order chi connectivity index (χ0) is 19.7. The number of carbonyl (C=O) groups is 1. The smallest absolute Gasteiger partial charge is 0.357 e. The van der Waals surface area contributed by atoms with Gasteiger partial charge in [-0.3, -0.25) is 0 Å². The van der Waals surface area contributed by atoms with Crippen molar-refractivity contribution in [2.24, 2.45) is 0 Å². The van der Waals surface area contributed by atoms with Gasteiger partial charge >= 0.3 is 5.97 Å². The predicted octanol–water partition coefficient (Wildman–Crippen LogP) is 4.92. The second-order valence-electron chi connectivity index (χ2n) is 6.49. The number of nitrogens with zero attached hydrogens (tertiary/aromatic N) is 1. The van der Waals surface area contributed by atoms with Crippen LogP contribution in [0.5, 0.6) is 5.75 Å². The fourth-order valence-electron chi connectivity index (χ4n) is 3.33. The molecule has 2 aromatic heterocycles. The van der Waals surface area contributed by atoms with Crippen LogP contribution in [0.15, 0.2) is 48.7 Å². The highest BCUT2D eigenvalue weighted by atomic mass is 19.1. The Kier molecular flexibility index (Phi) is 4.69. The van der Waals surface area contributed by atoms with Crippen molar-refractivity contribution in [2.45, 2.75) is 20.5 Å². The average Bonchev–Trinajstić information content (AvgIpc) is 3.05. The van der Waals surface area contributed by atoms with Gasteiger partial charge in [0.05, 0.1) is 18.3 Å². The van der Waals surface area contributed by atoms with Crippen molar-refractivity contribution in [1.82, 2.24) is 9.97 Å². The van der Waals surface area contributed by atoms with E-state index in [9.17, 15) is 9.18 Å². The summed E-state index contributed by atoms with van der Waals surface area (Å²) < 4.78 is 24.3. The van der Waals surface area contributed by atoms with E-state index < -0.39 is 5.97 Å². The summed E-state index contributed by atoms with van der Waals surface area (Å²) in [5.41, 5.74) is 3.57. The minimum Gasteiger partial charge on any atom is -0.489 e. The van der Waals surface area contributed by atoms with Crippen molar-refractivity contribution < 1.29 is 18.7 Å². The van der Waals surface area contributed by atoms with Gasteiger partial charge in [-0.25, -0.2) is 14.2 Å². The van der Waals surface area contributed by atoms with Crippen molar-refractivity contribution in [1.29, 1.82) is 0 Å². The Bertz CT molecular complexity index is 1180. The number of ether oxygens (including phenoxy) is 2. The van der Waals surface area contributed by atoms with Gasteiger partial charge in [0.15, 0.2) is 5.69 Å². The monoisotopic (exact) mass is 378 g/mol. The van der Waals surface area contributed by atoms with Crippen LogP contribution in [0.4, 0.5) is 4.39 Å². The quantitative estimate of drug-likeness (QED) is 0.501. The van der Waals surface area contributed by atoms with Gasteiger partial charge in [-0.2, -0.15) is 0 Å². The number of aromatic amines is 1. The first-order valence-corrected chi connectivity index (χ1v) is 9.02. The molecular formula is C22H19FN2O3. The Morgan fingerprint density at radius 2 is 2.04 bits per heavy atom. The predicted molar refractivity (Wildman–Crippen MR) is 105 cm³/mol. The van der Waals surface area contributed by atoms with Crippen LogP contribution in [0.2, 0.25) is 0 Å². The summed E-state index contributed by atoms with van der Waals surface area (Å²) in [5.74, 6) is -0.0656. The third kappa shape index (κ3) is 3.29. The highest BCUT2D eigenvalue weighted by molar-refractivity contribution is 6.11. The summed E-state index contributed by atoms with van der Waals surface area (Å²) in [6.45, 7) is 4.18. The van der Waals surface area contributed by atoms with Gasteiger partial charge in [-0.15, -0.1) is 0 Å². The minimum atomic E-state index is -0.435. The molecule has 4 aromatic rings. The number of esters is 1. The zero-order valence-corrected chi connectivity index (χ0v) is 15.6. The maximum absolute atomic E-state index is 13.3. The Morgan fingerprint density at radius 3 is 2.82 bits per heavy atom. The third-order valence-electron chi connectivity index (χ3n) is 4.62. The number of carbonyl (C=O) groups excluding carboxylic acids is 1. The van der Waals surface area contributed by atoms with E-state index in [2.05, 4.69) is 9.97 Å². The molecule has 4 rings (SSSR count). The van der Waals surface area contributed by atoms with E-state index in [1.165, 1.54) is 12.1 Å². The number of rotatable bonds is 5. The second kappa shape index (κ2) is 7.31. The van der Waals surface area contributed by atoms with Gasteiger partial charge in [0.1, 0.15) is 18.2 Å². The normalized spacial score (nSPS) is 11.1. The molecule has 1 N–H and O–H groups in total. The summed E-state index contributed by atoms with van der Waals surface area (Å²) in [6, 6.07) is 12.0. The van der Waals surface area contributed by atoms with Crippen molar-refractivity contribution in [3.63, 3.8) is 0 Å². The van der Waals surface area contributed by atoms with Crippen LogP contribution in [0.3, 0.4) is 0 Å². The lowest BCUT2D eigenvalue weighted by molar-refractivity contribution is 0.0519. The summed E-state index contributed by atoms with van der Waals surface area (Å²) >= 11 is 0. The van der Waals surface area contributed by atoms with Crippen LogP contribution >= 0.6 is 0 Å². The molecule has 0 bridgehead atoms. The van der Waals surface area contributed by atoms with E-state index in [1.54, 1.807) is 19.2 Å². The average molecular weight is 378 g/mol. The van der Waals surface area contributed by atoms with E-state index in [4.69, 9.17) is 9.47 Å². The van der Waals surface area contributed by atoms with Gasteiger partial charge in [-0.1, -0.05) is 12.1 Å². The number of H-pyrrole nitrogens is 1. The molecule has 0 spiro atoms. The van der Waals surface area contributed by atoms with Crippen LogP contribution < -0.4 is 4.74 Å². The Hall–Kier alpha value is -3.41. The SMILES string of the molecule is CCOC(=O)c1ncc2[nH]c3ccc(OCc4cccc(F)c4)cc3c2c1C. The molecule has 2 aromatic carbocycles. The first-order chi connectivity index (χ1) is 13.6. The molecular weight excluding hydrogens is 359 g/mol.